The Labute approximate surface area is 176 Å². The average molecular weight is 574 g/mol. The van der Waals surface area contributed by atoms with E-state index in [1.807, 2.05) is 58.2 Å². The quantitative estimate of drug-likeness (QED) is 0.327. The maximum absolute atomic E-state index is 12.8. The molecule has 6 nitrogen and oxygen atoms in total. The minimum absolute atomic E-state index is 0.143. The van der Waals surface area contributed by atoms with Crippen molar-refractivity contribution >= 4 is 74.8 Å². The van der Waals surface area contributed by atoms with Crippen LogP contribution in [0.5, 0.6) is 5.75 Å². The SMILES string of the molecule is Cc1cccc(N2C(=O)NC(=O)/C(=C\c3cc(I)c(O)c(I)c3)C2=O)c1. The van der Waals surface area contributed by atoms with Crippen LogP contribution in [0.25, 0.3) is 6.08 Å². The van der Waals surface area contributed by atoms with Crippen LogP contribution in [0.4, 0.5) is 10.5 Å². The second kappa shape index (κ2) is 7.35. The van der Waals surface area contributed by atoms with Crippen LogP contribution in [-0.4, -0.2) is 23.0 Å². The Morgan fingerprint density at radius 3 is 2.35 bits per heavy atom. The Kier molecular flexibility index (Phi) is 5.32. The first-order valence-electron chi connectivity index (χ1n) is 7.44. The summed E-state index contributed by atoms with van der Waals surface area (Å²) in [5, 5.41) is 12.1. The van der Waals surface area contributed by atoms with Gasteiger partial charge in [0.1, 0.15) is 11.3 Å². The molecule has 4 amide bonds. The standard InChI is InChI=1S/C18H12I2N2O4/c1-9-3-2-4-11(5-9)22-17(25)12(16(24)21-18(22)26)6-10-7-13(19)15(23)14(20)8-10/h2-8,23H,1H3,(H,21,24,26)/b12-6+. The van der Waals surface area contributed by atoms with Crippen molar-refractivity contribution in [1.29, 1.82) is 0 Å². The molecular formula is C18H12I2N2O4. The zero-order valence-electron chi connectivity index (χ0n) is 13.4. The molecule has 8 heteroatoms. The molecule has 0 radical (unpaired) electrons. The fourth-order valence-electron chi connectivity index (χ4n) is 2.49. The van der Waals surface area contributed by atoms with Gasteiger partial charge in [-0.3, -0.25) is 14.9 Å². The summed E-state index contributed by atoms with van der Waals surface area (Å²) in [5.41, 5.74) is 1.70. The average Bonchev–Trinajstić information content (AvgIpc) is 2.56. The zero-order chi connectivity index (χ0) is 19.0. The monoisotopic (exact) mass is 574 g/mol. The van der Waals surface area contributed by atoms with Gasteiger partial charge in [0.2, 0.25) is 0 Å². The number of carbonyl (C=O) groups excluding carboxylic acids is 3. The number of nitrogens with zero attached hydrogens (tertiary/aromatic N) is 1. The van der Waals surface area contributed by atoms with E-state index in [1.54, 1.807) is 30.3 Å². The Morgan fingerprint density at radius 2 is 1.73 bits per heavy atom. The molecule has 132 valence electrons. The van der Waals surface area contributed by atoms with E-state index in [2.05, 4.69) is 5.32 Å². The lowest BCUT2D eigenvalue weighted by molar-refractivity contribution is -0.122. The summed E-state index contributed by atoms with van der Waals surface area (Å²) in [4.78, 5) is 38.2. The molecule has 1 aliphatic rings. The van der Waals surface area contributed by atoms with E-state index in [9.17, 15) is 19.5 Å². The van der Waals surface area contributed by atoms with Crippen LogP contribution in [0.15, 0.2) is 42.0 Å². The topological polar surface area (TPSA) is 86.7 Å². The molecule has 0 unspecified atom stereocenters. The summed E-state index contributed by atoms with van der Waals surface area (Å²) in [7, 11) is 0. The minimum Gasteiger partial charge on any atom is -0.506 e. The van der Waals surface area contributed by atoms with Gasteiger partial charge in [-0.1, -0.05) is 12.1 Å². The van der Waals surface area contributed by atoms with E-state index >= 15 is 0 Å². The van der Waals surface area contributed by atoms with Crippen molar-refractivity contribution in [1.82, 2.24) is 5.32 Å². The van der Waals surface area contributed by atoms with Crippen molar-refractivity contribution in [2.24, 2.45) is 0 Å². The van der Waals surface area contributed by atoms with Crippen molar-refractivity contribution in [3.8, 4) is 5.75 Å². The number of rotatable bonds is 2. The van der Waals surface area contributed by atoms with Gasteiger partial charge in [-0.2, -0.15) is 0 Å². The van der Waals surface area contributed by atoms with Gasteiger partial charge in [0.25, 0.3) is 11.8 Å². The molecule has 0 bridgehead atoms. The third-order valence-electron chi connectivity index (χ3n) is 3.71. The predicted molar refractivity (Wildman–Crippen MR) is 114 cm³/mol. The summed E-state index contributed by atoms with van der Waals surface area (Å²) < 4.78 is 1.19. The highest BCUT2D eigenvalue weighted by Gasteiger charge is 2.36. The summed E-state index contributed by atoms with van der Waals surface area (Å²) >= 11 is 3.93. The van der Waals surface area contributed by atoms with Gasteiger partial charge in [0.05, 0.1) is 12.8 Å². The van der Waals surface area contributed by atoms with Crippen LogP contribution in [0.3, 0.4) is 0 Å². The number of anilines is 1. The molecule has 26 heavy (non-hydrogen) atoms. The van der Waals surface area contributed by atoms with E-state index in [0.717, 1.165) is 10.5 Å². The Morgan fingerprint density at radius 1 is 1.08 bits per heavy atom. The number of hydrogen-bond donors (Lipinski definition) is 2. The molecule has 2 aromatic rings. The number of halogens is 2. The van der Waals surface area contributed by atoms with Crippen molar-refractivity contribution in [2.45, 2.75) is 6.92 Å². The molecule has 0 aromatic heterocycles. The number of carbonyl (C=O) groups is 3. The number of aromatic hydroxyl groups is 1. The summed E-state index contributed by atoms with van der Waals surface area (Å²) in [5.74, 6) is -1.30. The van der Waals surface area contributed by atoms with Gasteiger partial charge in [-0.15, -0.1) is 0 Å². The van der Waals surface area contributed by atoms with Gasteiger partial charge < -0.3 is 5.11 Å². The van der Waals surface area contributed by atoms with Crippen molar-refractivity contribution < 1.29 is 19.5 Å². The second-order valence-corrected chi connectivity index (χ2v) is 7.95. The number of benzene rings is 2. The van der Waals surface area contributed by atoms with Gasteiger partial charge >= 0.3 is 6.03 Å². The number of aryl methyl sites for hydroxylation is 1. The van der Waals surface area contributed by atoms with Crippen LogP contribution in [0, 0.1) is 14.1 Å². The molecule has 1 fully saturated rings. The minimum atomic E-state index is -0.780. The van der Waals surface area contributed by atoms with Gasteiger partial charge in [-0.25, -0.2) is 9.69 Å². The van der Waals surface area contributed by atoms with Crippen molar-refractivity contribution in [3.63, 3.8) is 0 Å². The predicted octanol–water partition coefficient (Wildman–Crippen LogP) is 3.58. The molecule has 0 spiro atoms. The van der Waals surface area contributed by atoms with Crippen molar-refractivity contribution in [3.05, 3.63) is 60.2 Å². The number of amides is 4. The third kappa shape index (κ3) is 3.61. The molecule has 0 saturated carbocycles. The molecule has 1 heterocycles. The largest absolute Gasteiger partial charge is 0.506 e. The second-order valence-electron chi connectivity index (χ2n) is 5.63. The number of phenols is 1. The molecule has 1 saturated heterocycles. The van der Waals surface area contributed by atoms with E-state index in [0.29, 0.717) is 18.4 Å². The molecule has 1 aliphatic heterocycles. The normalized spacial score (nSPS) is 16.2. The summed E-state index contributed by atoms with van der Waals surface area (Å²) in [6.07, 6.45) is 1.41. The van der Waals surface area contributed by atoms with E-state index in [4.69, 9.17) is 0 Å². The Hall–Kier alpha value is -1.95. The summed E-state index contributed by atoms with van der Waals surface area (Å²) in [6, 6.07) is 9.42. The first-order chi connectivity index (χ1) is 12.3. The van der Waals surface area contributed by atoms with E-state index in [1.165, 1.54) is 6.08 Å². The fraction of sp³-hybridized carbons (Fsp3) is 0.0556. The summed E-state index contributed by atoms with van der Waals surface area (Å²) in [6.45, 7) is 1.85. The number of nitrogens with one attached hydrogen (secondary N) is 1. The number of hydrogen-bond acceptors (Lipinski definition) is 4. The smallest absolute Gasteiger partial charge is 0.335 e. The first kappa shape index (κ1) is 18.8. The number of barbiturate groups is 1. The molecule has 0 aliphatic carbocycles. The van der Waals surface area contributed by atoms with E-state index < -0.39 is 17.8 Å². The number of imide groups is 2. The highest BCUT2D eigenvalue weighted by atomic mass is 127. The Bertz CT molecular complexity index is 962. The molecule has 2 aromatic carbocycles. The molecule has 2 N–H and O–H groups in total. The first-order valence-corrected chi connectivity index (χ1v) is 9.60. The maximum atomic E-state index is 12.8. The molecule has 3 rings (SSSR count). The van der Waals surface area contributed by atoms with Gasteiger partial charge in [0, 0.05) is 0 Å². The lowest BCUT2D eigenvalue weighted by Gasteiger charge is -2.26. The maximum Gasteiger partial charge on any atom is 0.335 e. The van der Waals surface area contributed by atoms with Crippen LogP contribution < -0.4 is 10.2 Å². The van der Waals surface area contributed by atoms with Crippen LogP contribution in [0.1, 0.15) is 11.1 Å². The highest BCUT2D eigenvalue weighted by molar-refractivity contribution is 14.1. The fourth-order valence-corrected chi connectivity index (χ4v) is 4.31. The van der Waals surface area contributed by atoms with Crippen molar-refractivity contribution in [2.75, 3.05) is 4.90 Å². The lowest BCUT2D eigenvalue weighted by Crippen LogP contribution is -2.54. The Balaban J connectivity index is 2.06. The third-order valence-corrected chi connectivity index (χ3v) is 5.36. The van der Waals surface area contributed by atoms with Gasteiger partial charge in [-0.05, 0) is 93.6 Å². The van der Waals surface area contributed by atoms with Crippen LogP contribution in [0.2, 0.25) is 0 Å². The zero-order valence-corrected chi connectivity index (χ0v) is 17.7. The molecular weight excluding hydrogens is 562 g/mol. The lowest BCUT2D eigenvalue weighted by atomic mass is 10.1. The highest BCUT2D eigenvalue weighted by Crippen LogP contribution is 2.29. The van der Waals surface area contributed by atoms with Crippen LogP contribution >= 0.6 is 45.2 Å². The van der Waals surface area contributed by atoms with E-state index in [-0.39, 0.29) is 11.3 Å². The van der Waals surface area contributed by atoms with Gasteiger partial charge in [0.15, 0.2) is 0 Å². The number of phenolic OH excluding ortho intramolecular Hbond substituents is 1. The van der Waals surface area contributed by atoms with Crippen LogP contribution in [-0.2, 0) is 9.59 Å². The number of urea groups is 1. The molecule has 0 atom stereocenters.